The van der Waals surface area contributed by atoms with Crippen LogP contribution >= 0.6 is 11.6 Å². The van der Waals surface area contributed by atoms with Gasteiger partial charge < -0.3 is 0 Å². The molecule has 2 aromatic carbocycles. The zero-order valence-electron chi connectivity index (χ0n) is 9.22. The lowest BCUT2D eigenvalue weighted by Gasteiger charge is -2.06. The van der Waals surface area contributed by atoms with Gasteiger partial charge in [-0.05, 0) is 36.8 Å². The van der Waals surface area contributed by atoms with Gasteiger partial charge in [-0.1, -0.05) is 35.9 Å². The Morgan fingerprint density at radius 3 is 2.35 bits per heavy atom. The largest absolute Gasteiger partial charge is 0.218 e. The van der Waals surface area contributed by atoms with Crippen molar-refractivity contribution >= 4 is 21.4 Å². The quantitative estimate of drug-likeness (QED) is 0.834. The Balaban J connectivity index is 2.63. The third-order valence-electron chi connectivity index (χ3n) is 2.43. The van der Waals surface area contributed by atoms with Gasteiger partial charge in [0, 0.05) is 0 Å². The van der Waals surface area contributed by atoms with E-state index in [1.807, 2.05) is 13.0 Å². The molecule has 0 spiro atoms. The van der Waals surface area contributed by atoms with Gasteiger partial charge in [-0.2, -0.15) is 0 Å². The van der Waals surface area contributed by atoms with Gasteiger partial charge in [-0.25, -0.2) is 8.42 Å². The first-order valence-corrected chi connectivity index (χ1v) is 6.94. The normalized spacial score (nSPS) is 11.4. The fourth-order valence-electron chi connectivity index (χ4n) is 1.57. The van der Waals surface area contributed by atoms with Crippen LogP contribution in [0.2, 0.25) is 5.02 Å². The summed E-state index contributed by atoms with van der Waals surface area (Å²) in [6, 6.07) is 13.2. The average molecular weight is 267 g/mol. The molecule has 0 heterocycles. The Labute approximate surface area is 106 Å². The summed E-state index contributed by atoms with van der Waals surface area (Å²) in [7, 11) is -3.52. The zero-order valence-corrected chi connectivity index (χ0v) is 10.8. The van der Waals surface area contributed by atoms with E-state index in [2.05, 4.69) is 0 Å². The molecule has 17 heavy (non-hydrogen) atoms. The SMILES string of the molecule is Cc1cccc(S(=O)(=O)c2ccccc2Cl)c1. The summed E-state index contributed by atoms with van der Waals surface area (Å²) in [5, 5.41) is 0.244. The van der Waals surface area contributed by atoms with Crippen molar-refractivity contribution in [2.75, 3.05) is 0 Å². The second-order valence-corrected chi connectivity index (χ2v) is 6.08. The molecule has 0 bridgehead atoms. The molecule has 0 radical (unpaired) electrons. The standard InChI is InChI=1S/C13H11ClO2S/c1-10-5-4-6-11(9-10)17(15,16)13-8-3-2-7-12(13)14/h2-9H,1H3. The van der Waals surface area contributed by atoms with Crippen LogP contribution in [0.15, 0.2) is 58.3 Å². The molecule has 0 N–H and O–H groups in total. The molecule has 2 aromatic rings. The fourth-order valence-corrected chi connectivity index (χ4v) is 3.45. The molecule has 4 heteroatoms. The molecule has 2 rings (SSSR count). The Kier molecular flexibility index (Phi) is 3.22. The minimum atomic E-state index is -3.52. The molecule has 0 atom stereocenters. The number of rotatable bonds is 2. The van der Waals surface area contributed by atoms with E-state index in [1.165, 1.54) is 6.07 Å². The maximum atomic E-state index is 12.3. The predicted octanol–water partition coefficient (Wildman–Crippen LogP) is 3.48. The van der Waals surface area contributed by atoms with Crippen LogP contribution < -0.4 is 0 Å². The molecule has 0 saturated heterocycles. The van der Waals surface area contributed by atoms with Crippen molar-refractivity contribution in [2.24, 2.45) is 0 Å². The molecule has 0 aliphatic rings. The Bertz CT molecular complexity index is 648. The van der Waals surface area contributed by atoms with E-state index >= 15 is 0 Å². The average Bonchev–Trinajstić information content (AvgIpc) is 2.29. The Hall–Kier alpha value is -1.32. The predicted molar refractivity (Wildman–Crippen MR) is 68.1 cm³/mol. The minimum Gasteiger partial charge on any atom is -0.218 e. The van der Waals surface area contributed by atoms with E-state index in [9.17, 15) is 8.42 Å². The molecular weight excluding hydrogens is 256 g/mol. The summed E-state index contributed by atoms with van der Waals surface area (Å²) in [6.45, 7) is 1.85. The Morgan fingerprint density at radius 1 is 1.00 bits per heavy atom. The second-order valence-electron chi connectivity index (χ2n) is 3.75. The van der Waals surface area contributed by atoms with Gasteiger partial charge in [0.1, 0.15) is 0 Å². The molecule has 0 saturated carbocycles. The number of aryl methyl sites for hydroxylation is 1. The van der Waals surface area contributed by atoms with Gasteiger partial charge in [0.15, 0.2) is 0 Å². The molecule has 0 aliphatic carbocycles. The number of hydrogen-bond acceptors (Lipinski definition) is 2. The van der Waals surface area contributed by atoms with Crippen LogP contribution in [0, 0.1) is 6.92 Å². The third-order valence-corrected chi connectivity index (χ3v) is 4.68. The third kappa shape index (κ3) is 2.35. The van der Waals surface area contributed by atoms with Crippen molar-refractivity contribution in [1.82, 2.24) is 0 Å². The molecule has 0 amide bonds. The smallest absolute Gasteiger partial charge is 0.208 e. The molecule has 2 nitrogen and oxygen atoms in total. The van der Waals surface area contributed by atoms with Crippen LogP contribution in [-0.2, 0) is 9.84 Å². The lowest BCUT2D eigenvalue weighted by Crippen LogP contribution is -2.02. The summed E-state index contributed by atoms with van der Waals surface area (Å²) in [6.07, 6.45) is 0. The number of sulfone groups is 1. The van der Waals surface area contributed by atoms with Crippen molar-refractivity contribution in [3.05, 3.63) is 59.1 Å². The number of halogens is 1. The van der Waals surface area contributed by atoms with Crippen molar-refractivity contribution < 1.29 is 8.42 Å². The first-order chi connectivity index (χ1) is 8.01. The van der Waals surface area contributed by atoms with Gasteiger partial charge in [-0.3, -0.25) is 0 Å². The van der Waals surface area contributed by atoms with Crippen molar-refractivity contribution in [2.45, 2.75) is 16.7 Å². The molecule has 88 valence electrons. The van der Waals surface area contributed by atoms with Gasteiger partial charge in [0.25, 0.3) is 0 Å². The lowest BCUT2D eigenvalue weighted by atomic mass is 10.2. The number of hydrogen-bond donors (Lipinski definition) is 0. The van der Waals surface area contributed by atoms with Crippen LogP contribution in [-0.4, -0.2) is 8.42 Å². The van der Waals surface area contributed by atoms with Gasteiger partial charge in [0.05, 0.1) is 14.8 Å². The summed E-state index contributed by atoms with van der Waals surface area (Å²) >= 11 is 5.92. The second kappa shape index (κ2) is 4.51. The monoisotopic (exact) mass is 266 g/mol. The summed E-state index contributed by atoms with van der Waals surface area (Å²) in [4.78, 5) is 0.415. The van der Waals surface area contributed by atoms with Crippen LogP contribution in [0.25, 0.3) is 0 Å². The maximum absolute atomic E-state index is 12.3. The molecule has 0 aliphatic heterocycles. The van der Waals surface area contributed by atoms with Gasteiger partial charge in [-0.15, -0.1) is 0 Å². The Morgan fingerprint density at radius 2 is 1.71 bits per heavy atom. The highest BCUT2D eigenvalue weighted by Crippen LogP contribution is 2.27. The first-order valence-electron chi connectivity index (χ1n) is 5.08. The molecule has 0 unspecified atom stereocenters. The van der Waals surface area contributed by atoms with Crippen molar-refractivity contribution in [1.29, 1.82) is 0 Å². The summed E-state index contributed by atoms with van der Waals surface area (Å²) in [5.41, 5.74) is 0.901. The van der Waals surface area contributed by atoms with E-state index in [0.29, 0.717) is 0 Å². The lowest BCUT2D eigenvalue weighted by molar-refractivity contribution is 0.596. The molecule has 0 fully saturated rings. The molecular formula is C13H11ClO2S. The van der Waals surface area contributed by atoms with E-state index < -0.39 is 9.84 Å². The van der Waals surface area contributed by atoms with E-state index in [0.717, 1.165) is 5.56 Å². The summed E-state index contributed by atoms with van der Waals surface area (Å²) < 4.78 is 24.6. The minimum absolute atomic E-state index is 0.146. The van der Waals surface area contributed by atoms with E-state index in [4.69, 9.17) is 11.6 Å². The number of benzene rings is 2. The highest BCUT2D eigenvalue weighted by atomic mass is 35.5. The van der Waals surface area contributed by atoms with Crippen LogP contribution in [0.1, 0.15) is 5.56 Å². The highest BCUT2D eigenvalue weighted by molar-refractivity contribution is 7.91. The highest BCUT2D eigenvalue weighted by Gasteiger charge is 2.20. The van der Waals surface area contributed by atoms with E-state index in [1.54, 1.807) is 36.4 Å². The molecule has 0 aromatic heterocycles. The summed E-state index contributed by atoms with van der Waals surface area (Å²) in [5.74, 6) is 0. The van der Waals surface area contributed by atoms with Crippen molar-refractivity contribution in [3.8, 4) is 0 Å². The maximum Gasteiger partial charge on any atom is 0.208 e. The zero-order chi connectivity index (χ0) is 12.5. The van der Waals surface area contributed by atoms with Crippen molar-refractivity contribution in [3.63, 3.8) is 0 Å². The first kappa shape index (κ1) is 12.1. The van der Waals surface area contributed by atoms with Gasteiger partial charge in [0.2, 0.25) is 9.84 Å². The topological polar surface area (TPSA) is 34.1 Å². The van der Waals surface area contributed by atoms with E-state index in [-0.39, 0.29) is 14.8 Å². The van der Waals surface area contributed by atoms with Gasteiger partial charge >= 0.3 is 0 Å². The van der Waals surface area contributed by atoms with Crippen LogP contribution in [0.4, 0.5) is 0 Å². The fraction of sp³-hybridized carbons (Fsp3) is 0.0769. The van der Waals surface area contributed by atoms with Crippen LogP contribution in [0.5, 0.6) is 0 Å². The van der Waals surface area contributed by atoms with Crippen LogP contribution in [0.3, 0.4) is 0 Å².